The third kappa shape index (κ3) is 2.86. The van der Waals surface area contributed by atoms with Gasteiger partial charge in [-0.15, -0.1) is 0 Å². The molecule has 5 heteroatoms. The van der Waals surface area contributed by atoms with Crippen molar-refractivity contribution in [3.63, 3.8) is 0 Å². The highest BCUT2D eigenvalue weighted by Gasteiger charge is 2.22. The Morgan fingerprint density at radius 2 is 1.57 bits per heavy atom. The number of fused-ring (bicyclic) bond motifs is 2. The number of morpholine rings is 1. The molecular weight excluding hydrogens is 268 g/mol. The minimum atomic E-state index is 0.360. The summed E-state index contributed by atoms with van der Waals surface area (Å²) in [4.78, 5) is 5.04. The fraction of sp³-hybridized carbons (Fsp3) is 0.625. The Hall–Kier alpha value is -1.30. The quantitative estimate of drug-likeness (QED) is 0.833. The van der Waals surface area contributed by atoms with Crippen molar-refractivity contribution in [1.29, 1.82) is 0 Å². The molecule has 4 rings (SSSR count). The number of nitrogens with zero attached hydrogens (tertiary/aromatic N) is 2. The van der Waals surface area contributed by atoms with Crippen LogP contribution in [0.5, 0.6) is 11.5 Å². The second-order valence-corrected chi connectivity index (χ2v) is 5.95. The van der Waals surface area contributed by atoms with E-state index in [-0.39, 0.29) is 0 Å². The zero-order valence-corrected chi connectivity index (χ0v) is 12.3. The predicted octanol–water partition coefficient (Wildman–Crippen LogP) is 1.11. The largest absolute Gasteiger partial charge is 0.454 e. The molecule has 3 aliphatic rings. The lowest BCUT2D eigenvalue weighted by molar-refractivity contribution is 0.0327. The van der Waals surface area contributed by atoms with Crippen LogP contribution in [0.25, 0.3) is 0 Å². The van der Waals surface area contributed by atoms with Gasteiger partial charge in [-0.3, -0.25) is 9.80 Å². The summed E-state index contributed by atoms with van der Waals surface area (Å²) in [6.07, 6.45) is 1.11. The standard InChI is InChI=1S/C16H22N2O3/c1-2-18(4-3-17-5-7-19-8-6-17)11-14-10-16-15(9-13(1)14)20-12-21-16/h9-10H,1-8,11-12H2. The van der Waals surface area contributed by atoms with Crippen molar-refractivity contribution in [1.82, 2.24) is 9.80 Å². The Bertz CT molecular complexity index is 514. The van der Waals surface area contributed by atoms with Gasteiger partial charge >= 0.3 is 0 Å². The smallest absolute Gasteiger partial charge is 0.231 e. The molecule has 1 saturated heterocycles. The Kier molecular flexibility index (Phi) is 3.71. The zero-order valence-electron chi connectivity index (χ0n) is 12.3. The lowest BCUT2D eigenvalue weighted by Crippen LogP contribution is -2.42. The Morgan fingerprint density at radius 1 is 0.857 bits per heavy atom. The van der Waals surface area contributed by atoms with Crippen molar-refractivity contribution in [2.75, 3.05) is 52.7 Å². The summed E-state index contributed by atoms with van der Waals surface area (Å²) in [5, 5.41) is 0. The molecule has 0 aliphatic carbocycles. The second-order valence-electron chi connectivity index (χ2n) is 5.95. The fourth-order valence-corrected chi connectivity index (χ4v) is 3.30. The fourth-order valence-electron chi connectivity index (χ4n) is 3.30. The Labute approximate surface area is 125 Å². The number of rotatable bonds is 3. The summed E-state index contributed by atoms with van der Waals surface area (Å²) in [5.74, 6) is 1.82. The van der Waals surface area contributed by atoms with Crippen molar-refractivity contribution >= 4 is 0 Å². The summed E-state index contributed by atoms with van der Waals surface area (Å²) in [7, 11) is 0. The van der Waals surface area contributed by atoms with Crippen LogP contribution in [0.4, 0.5) is 0 Å². The first-order valence-corrected chi connectivity index (χ1v) is 7.82. The predicted molar refractivity (Wildman–Crippen MR) is 78.8 cm³/mol. The van der Waals surface area contributed by atoms with Gasteiger partial charge in [-0.1, -0.05) is 0 Å². The van der Waals surface area contributed by atoms with Crippen LogP contribution < -0.4 is 9.47 Å². The molecule has 3 aliphatic heterocycles. The first kappa shape index (κ1) is 13.4. The molecule has 0 bridgehead atoms. The second kappa shape index (κ2) is 5.83. The molecule has 0 spiro atoms. The summed E-state index contributed by atoms with van der Waals surface area (Å²) >= 11 is 0. The van der Waals surface area contributed by atoms with Gasteiger partial charge in [0.15, 0.2) is 11.5 Å². The maximum atomic E-state index is 5.49. The van der Waals surface area contributed by atoms with Gasteiger partial charge in [-0.2, -0.15) is 0 Å². The maximum Gasteiger partial charge on any atom is 0.231 e. The van der Waals surface area contributed by atoms with Crippen LogP contribution in [0.3, 0.4) is 0 Å². The van der Waals surface area contributed by atoms with Gasteiger partial charge in [0.2, 0.25) is 6.79 Å². The van der Waals surface area contributed by atoms with Crippen molar-refractivity contribution in [3.05, 3.63) is 23.3 Å². The highest BCUT2D eigenvalue weighted by Crippen LogP contribution is 2.36. The molecule has 0 atom stereocenters. The van der Waals surface area contributed by atoms with E-state index in [0.29, 0.717) is 6.79 Å². The lowest BCUT2D eigenvalue weighted by Gasteiger charge is -2.32. The molecule has 0 saturated carbocycles. The van der Waals surface area contributed by atoms with Crippen LogP contribution in [0.1, 0.15) is 11.1 Å². The van der Waals surface area contributed by atoms with E-state index in [1.165, 1.54) is 11.1 Å². The molecule has 114 valence electrons. The van der Waals surface area contributed by atoms with Gasteiger partial charge in [-0.05, 0) is 29.7 Å². The van der Waals surface area contributed by atoms with Gasteiger partial charge < -0.3 is 14.2 Å². The third-order valence-corrected chi connectivity index (χ3v) is 4.62. The monoisotopic (exact) mass is 290 g/mol. The molecule has 0 unspecified atom stereocenters. The third-order valence-electron chi connectivity index (χ3n) is 4.62. The molecule has 0 amide bonds. The van der Waals surface area contributed by atoms with E-state index < -0.39 is 0 Å². The van der Waals surface area contributed by atoms with E-state index in [9.17, 15) is 0 Å². The summed E-state index contributed by atoms with van der Waals surface area (Å²) in [6.45, 7) is 8.70. The molecule has 21 heavy (non-hydrogen) atoms. The minimum absolute atomic E-state index is 0.360. The first-order valence-electron chi connectivity index (χ1n) is 7.82. The average Bonchev–Trinajstić information content (AvgIpc) is 2.98. The highest BCUT2D eigenvalue weighted by molar-refractivity contribution is 5.49. The van der Waals surface area contributed by atoms with E-state index in [2.05, 4.69) is 21.9 Å². The SMILES string of the molecule is c1c2c(cc3c1OCO3)CN(CCN1CCOCC1)CC2. The molecule has 5 nitrogen and oxygen atoms in total. The van der Waals surface area contributed by atoms with Crippen LogP contribution in [0.15, 0.2) is 12.1 Å². The number of hydrogen-bond acceptors (Lipinski definition) is 5. The lowest BCUT2D eigenvalue weighted by atomic mass is 9.99. The summed E-state index contributed by atoms with van der Waals surface area (Å²) in [5.41, 5.74) is 2.81. The van der Waals surface area contributed by atoms with Gasteiger partial charge in [0.25, 0.3) is 0 Å². The molecule has 1 aromatic rings. The van der Waals surface area contributed by atoms with E-state index in [1.807, 2.05) is 0 Å². The average molecular weight is 290 g/mol. The van der Waals surface area contributed by atoms with Crippen LogP contribution in [-0.4, -0.2) is 62.5 Å². The van der Waals surface area contributed by atoms with Crippen LogP contribution >= 0.6 is 0 Å². The van der Waals surface area contributed by atoms with Crippen LogP contribution in [0.2, 0.25) is 0 Å². The molecule has 1 aromatic carbocycles. The number of hydrogen-bond donors (Lipinski definition) is 0. The zero-order chi connectivity index (χ0) is 14.1. The van der Waals surface area contributed by atoms with Gasteiger partial charge in [-0.25, -0.2) is 0 Å². The molecular formula is C16H22N2O3. The van der Waals surface area contributed by atoms with Crippen molar-refractivity contribution in [2.24, 2.45) is 0 Å². The van der Waals surface area contributed by atoms with E-state index >= 15 is 0 Å². The molecule has 0 N–H and O–H groups in total. The molecule has 0 radical (unpaired) electrons. The number of ether oxygens (including phenoxy) is 3. The number of benzene rings is 1. The van der Waals surface area contributed by atoms with Crippen molar-refractivity contribution < 1.29 is 14.2 Å². The normalized spacial score (nSPS) is 22.3. The van der Waals surface area contributed by atoms with Gasteiger partial charge in [0.05, 0.1) is 13.2 Å². The Balaban J connectivity index is 1.37. The molecule has 0 aromatic heterocycles. The van der Waals surface area contributed by atoms with Crippen LogP contribution in [0, 0.1) is 0 Å². The highest BCUT2D eigenvalue weighted by atomic mass is 16.7. The van der Waals surface area contributed by atoms with Crippen LogP contribution in [-0.2, 0) is 17.7 Å². The maximum absolute atomic E-state index is 5.49. The molecule has 3 heterocycles. The first-order chi connectivity index (χ1) is 10.4. The Morgan fingerprint density at radius 3 is 2.38 bits per heavy atom. The summed E-state index contributed by atoms with van der Waals surface area (Å²) < 4.78 is 16.4. The molecule has 1 fully saturated rings. The van der Waals surface area contributed by atoms with Crippen molar-refractivity contribution in [2.45, 2.75) is 13.0 Å². The van der Waals surface area contributed by atoms with E-state index in [1.54, 1.807) is 0 Å². The minimum Gasteiger partial charge on any atom is -0.454 e. The van der Waals surface area contributed by atoms with E-state index in [4.69, 9.17) is 14.2 Å². The van der Waals surface area contributed by atoms with Gasteiger partial charge in [0.1, 0.15) is 0 Å². The summed E-state index contributed by atoms with van der Waals surface area (Å²) in [6, 6.07) is 4.33. The van der Waals surface area contributed by atoms with Gasteiger partial charge in [0, 0.05) is 39.3 Å². The van der Waals surface area contributed by atoms with Crippen molar-refractivity contribution in [3.8, 4) is 11.5 Å². The van der Waals surface area contributed by atoms with E-state index in [0.717, 1.165) is 70.4 Å². The topological polar surface area (TPSA) is 34.2 Å².